The zero-order valence-electron chi connectivity index (χ0n) is 14.7. The highest BCUT2D eigenvalue weighted by Gasteiger charge is 2.32. The second-order valence-electron chi connectivity index (χ2n) is 7.21. The number of nitrogens with zero attached hydrogens (tertiary/aromatic N) is 2. The van der Waals surface area contributed by atoms with E-state index >= 15 is 0 Å². The van der Waals surface area contributed by atoms with Crippen molar-refractivity contribution in [1.29, 1.82) is 0 Å². The summed E-state index contributed by atoms with van der Waals surface area (Å²) in [6.07, 6.45) is -3.51. The molecule has 0 saturated heterocycles. The van der Waals surface area contributed by atoms with E-state index in [0.29, 0.717) is 11.4 Å². The molecule has 0 bridgehead atoms. The molecule has 0 unspecified atom stereocenters. The summed E-state index contributed by atoms with van der Waals surface area (Å²) in [6, 6.07) is 8.67. The van der Waals surface area contributed by atoms with E-state index in [1.165, 1.54) is 4.40 Å². The van der Waals surface area contributed by atoms with Gasteiger partial charge in [-0.15, -0.1) is 0 Å². The maximum absolute atomic E-state index is 13.1. The minimum absolute atomic E-state index is 0.000934. The summed E-state index contributed by atoms with van der Waals surface area (Å²) in [6.45, 7) is 6.36. The van der Waals surface area contributed by atoms with Gasteiger partial charge in [-0.2, -0.15) is 13.2 Å². The van der Waals surface area contributed by atoms with Crippen molar-refractivity contribution in [2.45, 2.75) is 38.9 Å². The maximum Gasteiger partial charge on any atom is 0.417 e. The second kappa shape index (κ2) is 6.28. The molecular formula is C19H19ClF3N3. The van der Waals surface area contributed by atoms with Gasteiger partial charge in [0, 0.05) is 18.3 Å². The molecule has 0 aliphatic carbocycles. The third-order valence-corrected chi connectivity index (χ3v) is 4.60. The third-order valence-electron chi connectivity index (χ3n) is 4.32. The molecule has 2 aromatic heterocycles. The molecule has 138 valence electrons. The number of nitrogens with two attached hydrogens (primary N) is 1. The van der Waals surface area contributed by atoms with E-state index in [0.717, 1.165) is 23.4 Å². The number of halogens is 4. The van der Waals surface area contributed by atoms with Crippen molar-refractivity contribution in [2.24, 2.45) is 5.73 Å². The molecule has 0 amide bonds. The lowest BCUT2D eigenvalue weighted by atomic mass is 9.86. The van der Waals surface area contributed by atoms with Crippen molar-refractivity contribution < 1.29 is 13.2 Å². The Labute approximate surface area is 154 Å². The molecule has 1 aromatic carbocycles. The van der Waals surface area contributed by atoms with Crippen LogP contribution in [0.5, 0.6) is 0 Å². The Balaban J connectivity index is 2.19. The Morgan fingerprint density at radius 2 is 1.69 bits per heavy atom. The van der Waals surface area contributed by atoms with Crippen LogP contribution in [0.1, 0.15) is 37.6 Å². The highest BCUT2D eigenvalue weighted by atomic mass is 35.5. The third kappa shape index (κ3) is 3.31. The molecule has 0 aliphatic heterocycles. The number of aromatic nitrogens is 2. The Kier molecular flexibility index (Phi) is 4.53. The van der Waals surface area contributed by atoms with Gasteiger partial charge in [-0.05, 0) is 17.0 Å². The Morgan fingerprint density at radius 1 is 1.08 bits per heavy atom. The summed E-state index contributed by atoms with van der Waals surface area (Å²) >= 11 is 6.06. The van der Waals surface area contributed by atoms with E-state index in [1.807, 2.05) is 24.3 Å². The van der Waals surface area contributed by atoms with Crippen LogP contribution in [0.15, 0.2) is 36.5 Å². The fraction of sp³-hybridized carbons (Fsp3) is 0.316. The summed E-state index contributed by atoms with van der Waals surface area (Å²) in [5.41, 5.74) is 8.20. The highest BCUT2D eigenvalue weighted by molar-refractivity contribution is 6.33. The van der Waals surface area contributed by atoms with Gasteiger partial charge in [0.25, 0.3) is 0 Å². The highest BCUT2D eigenvalue weighted by Crippen LogP contribution is 2.35. The van der Waals surface area contributed by atoms with Crippen LogP contribution in [0.4, 0.5) is 13.2 Å². The molecule has 0 atom stereocenters. The van der Waals surface area contributed by atoms with Gasteiger partial charge in [0.1, 0.15) is 0 Å². The Morgan fingerprint density at radius 3 is 2.19 bits per heavy atom. The average molecular weight is 382 g/mol. The van der Waals surface area contributed by atoms with Gasteiger partial charge in [0.15, 0.2) is 5.65 Å². The molecule has 0 saturated carbocycles. The summed E-state index contributed by atoms with van der Waals surface area (Å²) in [7, 11) is 0. The first kappa shape index (κ1) is 18.7. The van der Waals surface area contributed by atoms with Gasteiger partial charge in [-0.3, -0.25) is 0 Å². The largest absolute Gasteiger partial charge is 0.417 e. The summed E-state index contributed by atoms with van der Waals surface area (Å²) in [4.78, 5) is 4.45. The molecule has 2 N–H and O–H groups in total. The quantitative estimate of drug-likeness (QED) is 0.643. The van der Waals surface area contributed by atoms with E-state index in [2.05, 4.69) is 25.8 Å². The number of hydrogen-bond acceptors (Lipinski definition) is 2. The maximum atomic E-state index is 13.1. The molecule has 0 aliphatic rings. The fourth-order valence-corrected chi connectivity index (χ4v) is 3.11. The van der Waals surface area contributed by atoms with E-state index in [9.17, 15) is 13.2 Å². The van der Waals surface area contributed by atoms with Crippen LogP contribution in [0.3, 0.4) is 0 Å². The van der Waals surface area contributed by atoms with Crippen LogP contribution in [0.25, 0.3) is 16.9 Å². The van der Waals surface area contributed by atoms with Crippen molar-refractivity contribution >= 4 is 17.2 Å². The van der Waals surface area contributed by atoms with Crippen molar-refractivity contribution in [1.82, 2.24) is 9.38 Å². The number of imidazole rings is 1. The predicted molar refractivity (Wildman–Crippen MR) is 97.2 cm³/mol. The lowest BCUT2D eigenvalue weighted by Crippen LogP contribution is -2.10. The van der Waals surface area contributed by atoms with Crippen molar-refractivity contribution in [3.63, 3.8) is 0 Å². The number of rotatable bonds is 2. The molecule has 0 radical (unpaired) electrons. The molecule has 2 heterocycles. The summed E-state index contributed by atoms with van der Waals surface area (Å²) < 4.78 is 40.6. The van der Waals surface area contributed by atoms with Crippen molar-refractivity contribution in [3.05, 3.63) is 58.4 Å². The Bertz CT molecular complexity index is 951. The van der Waals surface area contributed by atoms with Crippen LogP contribution in [0.2, 0.25) is 5.02 Å². The molecule has 3 rings (SSSR count). The number of fused-ring (bicyclic) bond motifs is 1. The Hall–Kier alpha value is -2.05. The van der Waals surface area contributed by atoms with Gasteiger partial charge < -0.3 is 10.1 Å². The molecule has 26 heavy (non-hydrogen) atoms. The zero-order chi connectivity index (χ0) is 19.3. The van der Waals surface area contributed by atoms with Crippen LogP contribution in [0, 0.1) is 0 Å². The van der Waals surface area contributed by atoms with Gasteiger partial charge in [0.05, 0.1) is 22.0 Å². The van der Waals surface area contributed by atoms with Gasteiger partial charge >= 0.3 is 6.18 Å². The first-order valence-corrected chi connectivity index (χ1v) is 8.49. The monoisotopic (exact) mass is 381 g/mol. The van der Waals surface area contributed by atoms with Gasteiger partial charge in [0.2, 0.25) is 0 Å². The molecule has 3 aromatic rings. The number of benzene rings is 1. The number of hydrogen-bond donors (Lipinski definition) is 1. The van der Waals surface area contributed by atoms with E-state index in [4.69, 9.17) is 17.3 Å². The summed E-state index contributed by atoms with van der Waals surface area (Å²) in [5, 5.41) is -0.0629. The first-order chi connectivity index (χ1) is 12.0. The number of alkyl halides is 3. The van der Waals surface area contributed by atoms with E-state index in [1.54, 1.807) is 0 Å². The summed E-state index contributed by atoms with van der Waals surface area (Å²) in [5.74, 6) is 0. The SMILES string of the molecule is CC(C)(C)c1ccc(-c2nc3c(Cl)cc(C(F)(F)F)cn3c2CN)cc1. The molecule has 0 spiro atoms. The molecular weight excluding hydrogens is 363 g/mol. The van der Waals surface area contributed by atoms with Crippen LogP contribution in [-0.4, -0.2) is 9.38 Å². The molecule has 0 fully saturated rings. The smallest absolute Gasteiger partial charge is 0.325 e. The molecule has 3 nitrogen and oxygen atoms in total. The van der Waals surface area contributed by atoms with Crippen LogP contribution in [-0.2, 0) is 18.1 Å². The van der Waals surface area contributed by atoms with E-state index in [-0.39, 0.29) is 22.6 Å². The molecule has 7 heteroatoms. The fourth-order valence-electron chi connectivity index (χ4n) is 2.86. The van der Waals surface area contributed by atoms with E-state index < -0.39 is 11.7 Å². The van der Waals surface area contributed by atoms with Gasteiger partial charge in [-0.1, -0.05) is 56.6 Å². The number of pyridine rings is 1. The minimum Gasteiger partial charge on any atom is -0.325 e. The van der Waals surface area contributed by atoms with Crippen LogP contribution < -0.4 is 5.73 Å². The minimum atomic E-state index is -4.50. The lowest BCUT2D eigenvalue weighted by molar-refractivity contribution is -0.137. The standard InChI is InChI=1S/C19H19ClF3N3/c1-18(2,3)12-6-4-11(5-7-12)16-15(9-24)26-10-13(19(21,22)23)8-14(20)17(26)25-16/h4-8,10H,9,24H2,1-3H3. The first-order valence-electron chi connectivity index (χ1n) is 8.11. The topological polar surface area (TPSA) is 43.3 Å². The lowest BCUT2D eigenvalue weighted by Gasteiger charge is -2.19. The van der Waals surface area contributed by atoms with Crippen molar-refractivity contribution in [3.8, 4) is 11.3 Å². The average Bonchev–Trinajstić information content (AvgIpc) is 2.92. The second-order valence-corrected chi connectivity index (χ2v) is 7.61. The van der Waals surface area contributed by atoms with Crippen molar-refractivity contribution in [2.75, 3.05) is 0 Å². The van der Waals surface area contributed by atoms with Gasteiger partial charge in [-0.25, -0.2) is 4.98 Å². The predicted octanol–water partition coefficient (Wildman–Crippen LogP) is 5.43. The zero-order valence-corrected chi connectivity index (χ0v) is 15.4. The van der Waals surface area contributed by atoms with Crippen LogP contribution >= 0.6 is 11.6 Å². The normalized spacial score (nSPS) is 12.8.